The first-order valence-corrected chi connectivity index (χ1v) is 8.56. The largest absolute Gasteiger partial charge is 0.392 e. The molecule has 1 aliphatic rings. The van der Waals surface area contributed by atoms with Gasteiger partial charge in [-0.1, -0.05) is 30.3 Å². The Kier molecular flexibility index (Phi) is 3.79. The first kappa shape index (κ1) is 11.8. The van der Waals surface area contributed by atoms with E-state index in [2.05, 4.69) is 25.6 Å². The molecule has 2 nitrogen and oxygen atoms in total. The first-order valence-electron chi connectivity index (χ1n) is 6.04. The van der Waals surface area contributed by atoms with Crippen LogP contribution in [0.5, 0.6) is 0 Å². The molecule has 0 spiro atoms. The highest BCUT2D eigenvalue weighted by atomic mass is 28.4. The molecule has 88 valence electrons. The zero-order valence-corrected chi connectivity index (χ0v) is 11.1. The van der Waals surface area contributed by atoms with Gasteiger partial charge in [-0.15, -0.1) is 0 Å². The average Bonchev–Trinajstić information content (AvgIpc) is 2.28. The van der Waals surface area contributed by atoms with Crippen molar-refractivity contribution in [2.45, 2.75) is 45.1 Å². The molecule has 0 saturated carbocycles. The van der Waals surface area contributed by atoms with E-state index in [1.165, 1.54) is 18.4 Å². The van der Waals surface area contributed by atoms with Crippen molar-refractivity contribution in [2.24, 2.45) is 0 Å². The molecule has 1 aromatic rings. The summed E-state index contributed by atoms with van der Waals surface area (Å²) in [5.74, 6) is 0. The lowest BCUT2D eigenvalue weighted by atomic mass is 10.2. The van der Waals surface area contributed by atoms with Gasteiger partial charge in [-0.25, -0.2) is 0 Å². The Balaban J connectivity index is 1.89. The number of hydrogen-bond acceptors (Lipinski definition) is 2. The van der Waals surface area contributed by atoms with Gasteiger partial charge in [0.15, 0.2) is 0 Å². The predicted octanol–water partition coefficient (Wildman–Crippen LogP) is 3.47. The van der Waals surface area contributed by atoms with E-state index in [9.17, 15) is 0 Å². The standard InChI is InChI=1S/C13H20O2Si/c1-12-7-6-10-16(2,15-12)14-11-13-8-4-3-5-9-13/h3-5,8-9,12H,6-7,10-11H2,1-2H3. The van der Waals surface area contributed by atoms with Gasteiger partial charge in [-0.05, 0) is 37.9 Å². The second-order valence-corrected chi connectivity index (χ2v) is 8.02. The molecule has 2 unspecified atom stereocenters. The van der Waals surface area contributed by atoms with Crippen LogP contribution in [0, 0.1) is 0 Å². The molecule has 0 aliphatic carbocycles. The summed E-state index contributed by atoms with van der Waals surface area (Å²) in [7, 11) is -1.88. The summed E-state index contributed by atoms with van der Waals surface area (Å²) in [6.07, 6.45) is 2.80. The van der Waals surface area contributed by atoms with Crippen LogP contribution in [0.4, 0.5) is 0 Å². The quantitative estimate of drug-likeness (QED) is 0.748. The summed E-state index contributed by atoms with van der Waals surface area (Å²) < 4.78 is 12.1. The molecule has 0 aromatic heterocycles. The maximum atomic E-state index is 6.04. The fourth-order valence-electron chi connectivity index (χ4n) is 2.17. The summed E-state index contributed by atoms with van der Waals surface area (Å²) >= 11 is 0. The van der Waals surface area contributed by atoms with Crippen molar-refractivity contribution in [3.63, 3.8) is 0 Å². The first-order chi connectivity index (χ1) is 7.68. The van der Waals surface area contributed by atoms with E-state index in [1.807, 2.05) is 18.2 Å². The molecule has 0 bridgehead atoms. The lowest BCUT2D eigenvalue weighted by Crippen LogP contribution is -2.44. The third kappa shape index (κ3) is 3.17. The van der Waals surface area contributed by atoms with Crippen molar-refractivity contribution in [2.75, 3.05) is 0 Å². The smallest absolute Gasteiger partial charge is 0.335 e. The van der Waals surface area contributed by atoms with Crippen LogP contribution in [0.3, 0.4) is 0 Å². The van der Waals surface area contributed by atoms with Gasteiger partial charge < -0.3 is 8.85 Å². The SMILES string of the molecule is CC1CCC[Si](C)(OCc2ccccc2)O1. The third-order valence-corrected chi connectivity index (χ3v) is 6.00. The minimum atomic E-state index is -1.88. The van der Waals surface area contributed by atoms with Gasteiger partial charge >= 0.3 is 8.56 Å². The van der Waals surface area contributed by atoms with Gasteiger partial charge in [0.05, 0.1) is 6.61 Å². The van der Waals surface area contributed by atoms with Crippen molar-refractivity contribution in [3.05, 3.63) is 35.9 Å². The van der Waals surface area contributed by atoms with E-state index in [4.69, 9.17) is 8.85 Å². The highest BCUT2D eigenvalue weighted by molar-refractivity contribution is 6.66. The molecule has 0 N–H and O–H groups in total. The Morgan fingerprint density at radius 1 is 1.38 bits per heavy atom. The van der Waals surface area contributed by atoms with Gasteiger partial charge in [0, 0.05) is 6.10 Å². The van der Waals surface area contributed by atoms with E-state index < -0.39 is 8.56 Å². The third-order valence-electron chi connectivity index (χ3n) is 3.08. The van der Waals surface area contributed by atoms with Crippen LogP contribution >= 0.6 is 0 Å². The Bertz CT molecular complexity index is 328. The molecule has 1 aromatic carbocycles. The Morgan fingerprint density at radius 3 is 2.81 bits per heavy atom. The maximum absolute atomic E-state index is 6.04. The molecule has 1 aliphatic heterocycles. The molecule has 1 saturated heterocycles. The fourth-order valence-corrected chi connectivity index (χ4v) is 4.79. The predicted molar refractivity (Wildman–Crippen MR) is 67.4 cm³/mol. The number of rotatable bonds is 3. The van der Waals surface area contributed by atoms with E-state index in [1.54, 1.807) is 0 Å². The van der Waals surface area contributed by atoms with Crippen LogP contribution in [-0.2, 0) is 15.5 Å². The maximum Gasteiger partial charge on any atom is 0.335 e. The van der Waals surface area contributed by atoms with Crippen molar-refractivity contribution >= 4 is 8.56 Å². The lowest BCUT2D eigenvalue weighted by molar-refractivity contribution is 0.0971. The highest BCUT2D eigenvalue weighted by Crippen LogP contribution is 2.27. The Morgan fingerprint density at radius 2 is 2.12 bits per heavy atom. The van der Waals surface area contributed by atoms with Crippen LogP contribution in [0.15, 0.2) is 30.3 Å². The molecule has 1 fully saturated rings. The number of hydrogen-bond donors (Lipinski definition) is 0. The molecule has 2 atom stereocenters. The van der Waals surface area contributed by atoms with Crippen molar-refractivity contribution in [1.82, 2.24) is 0 Å². The summed E-state index contributed by atoms with van der Waals surface area (Å²) in [5.41, 5.74) is 1.23. The molecular formula is C13H20O2Si. The monoisotopic (exact) mass is 236 g/mol. The van der Waals surface area contributed by atoms with Crippen molar-refractivity contribution < 1.29 is 8.85 Å². The van der Waals surface area contributed by atoms with Crippen LogP contribution in [0.1, 0.15) is 25.3 Å². The normalized spacial score (nSPS) is 30.2. The van der Waals surface area contributed by atoms with E-state index in [0.717, 1.165) is 6.04 Å². The van der Waals surface area contributed by atoms with Crippen LogP contribution in [0.2, 0.25) is 12.6 Å². The van der Waals surface area contributed by atoms with Gasteiger partial charge in [-0.3, -0.25) is 0 Å². The van der Waals surface area contributed by atoms with Crippen LogP contribution < -0.4 is 0 Å². The van der Waals surface area contributed by atoms with Gasteiger partial charge in [0.1, 0.15) is 0 Å². The van der Waals surface area contributed by atoms with Crippen molar-refractivity contribution in [1.29, 1.82) is 0 Å². The van der Waals surface area contributed by atoms with Crippen LogP contribution in [-0.4, -0.2) is 14.7 Å². The highest BCUT2D eigenvalue weighted by Gasteiger charge is 2.36. The Labute approximate surface area is 98.8 Å². The zero-order valence-electron chi connectivity index (χ0n) is 10.1. The van der Waals surface area contributed by atoms with E-state index in [0.29, 0.717) is 12.7 Å². The summed E-state index contributed by atoms with van der Waals surface area (Å²) in [6, 6.07) is 11.5. The number of benzene rings is 1. The van der Waals surface area contributed by atoms with Gasteiger partial charge in [-0.2, -0.15) is 0 Å². The average molecular weight is 236 g/mol. The summed E-state index contributed by atoms with van der Waals surface area (Å²) in [5, 5.41) is 0. The second-order valence-electron chi connectivity index (χ2n) is 4.73. The van der Waals surface area contributed by atoms with Crippen LogP contribution in [0.25, 0.3) is 0 Å². The topological polar surface area (TPSA) is 18.5 Å². The molecular weight excluding hydrogens is 216 g/mol. The van der Waals surface area contributed by atoms with Gasteiger partial charge in [0.25, 0.3) is 0 Å². The molecule has 0 radical (unpaired) electrons. The molecule has 0 amide bonds. The zero-order chi connectivity index (χ0) is 11.4. The van der Waals surface area contributed by atoms with E-state index >= 15 is 0 Å². The molecule has 1 heterocycles. The fraction of sp³-hybridized carbons (Fsp3) is 0.538. The molecule has 16 heavy (non-hydrogen) atoms. The van der Waals surface area contributed by atoms with E-state index in [-0.39, 0.29) is 0 Å². The minimum absolute atomic E-state index is 0.376. The lowest BCUT2D eigenvalue weighted by Gasteiger charge is -2.34. The van der Waals surface area contributed by atoms with Crippen molar-refractivity contribution in [3.8, 4) is 0 Å². The summed E-state index contributed by atoms with van der Waals surface area (Å²) in [4.78, 5) is 0. The Hall–Kier alpha value is -0.643. The second kappa shape index (κ2) is 5.12. The molecule has 3 heteroatoms. The minimum Gasteiger partial charge on any atom is -0.392 e. The van der Waals surface area contributed by atoms with Gasteiger partial charge in [0.2, 0.25) is 0 Å². The summed E-state index contributed by atoms with van der Waals surface area (Å²) in [6.45, 7) is 5.03. The molecule has 2 rings (SSSR count).